The highest BCUT2D eigenvalue weighted by atomic mass is 16.4. The van der Waals surface area contributed by atoms with E-state index in [1.54, 1.807) is 0 Å². The summed E-state index contributed by atoms with van der Waals surface area (Å²) in [5.41, 5.74) is 0. The molecule has 0 bridgehead atoms. The van der Waals surface area contributed by atoms with Gasteiger partial charge < -0.3 is 10.4 Å². The van der Waals surface area contributed by atoms with E-state index in [9.17, 15) is 9.59 Å². The molecule has 0 heterocycles. The van der Waals surface area contributed by atoms with Crippen LogP contribution in [-0.2, 0) is 9.59 Å². The average molecular weight is 256 g/mol. The molecule has 5 heteroatoms. The van der Waals surface area contributed by atoms with E-state index >= 15 is 0 Å². The second-order valence-corrected chi connectivity index (χ2v) is 5.45. The van der Waals surface area contributed by atoms with Gasteiger partial charge >= 0.3 is 5.97 Å². The molecule has 0 saturated heterocycles. The van der Waals surface area contributed by atoms with Crippen molar-refractivity contribution in [3.8, 4) is 0 Å². The molecule has 1 aliphatic rings. The molecule has 1 atom stereocenters. The first-order valence-electron chi connectivity index (χ1n) is 6.65. The van der Waals surface area contributed by atoms with E-state index < -0.39 is 5.97 Å². The van der Waals surface area contributed by atoms with Crippen LogP contribution in [0.1, 0.15) is 40.0 Å². The number of hydrogen-bond acceptors (Lipinski definition) is 3. The van der Waals surface area contributed by atoms with E-state index in [2.05, 4.69) is 19.2 Å². The maximum Gasteiger partial charge on any atom is 0.304 e. The highest BCUT2D eigenvalue weighted by molar-refractivity contribution is 5.78. The highest BCUT2D eigenvalue weighted by Crippen LogP contribution is 2.26. The van der Waals surface area contributed by atoms with Gasteiger partial charge in [0.05, 0.1) is 13.0 Å². The number of carbonyl (C=O) groups is 2. The van der Waals surface area contributed by atoms with Gasteiger partial charge in [0.2, 0.25) is 5.91 Å². The third-order valence-electron chi connectivity index (χ3n) is 3.41. The lowest BCUT2D eigenvalue weighted by Gasteiger charge is -2.23. The molecule has 104 valence electrons. The molecule has 0 aliphatic heterocycles. The molecule has 18 heavy (non-hydrogen) atoms. The van der Waals surface area contributed by atoms with E-state index in [1.165, 1.54) is 0 Å². The van der Waals surface area contributed by atoms with Crippen molar-refractivity contribution in [3.05, 3.63) is 0 Å². The number of amides is 1. The number of nitrogens with zero attached hydrogens (tertiary/aromatic N) is 1. The molecule has 1 fully saturated rings. The molecule has 1 unspecified atom stereocenters. The van der Waals surface area contributed by atoms with Crippen LogP contribution in [0, 0.1) is 5.92 Å². The SMILES string of the molecule is CC(C)C(C)NC(=O)CN(CCC(=O)O)C1CC1. The Morgan fingerprint density at radius 2 is 1.94 bits per heavy atom. The van der Waals surface area contributed by atoms with Crippen molar-refractivity contribution < 1.29 is 14.7 Å². The Balaban J connectivity index is 2.36. The maximum absolute atomic E-state index is 11.8. The topological polar surface area (TPSA) is 69.6 Å². The predicted molar refractivity (Wildman–Crippen MR) is 69.3 cm³/mol. The Bertz CT molecular complexity index is 301. The lowest BCUT2D eigenvalue weighted by Crippen LogP contribution is -2.44. The maximum atomic E-state index is 11.8. The van der Waals surface area contributed by atoms with Crippen LogP contribution in [0.15, 0.2) is 0 Å². The van der Waals surface area contributed by atoms with Crippen LogP contribution >= 0.6 is 0 Å². The largest absolute Gasteiger partial charge is 0.481 e. The molecular formula is C13H24N2O3. The van der Waals surface area contributed by atoms with Crippen LogP contribution in [0.4, 0.5) is 0 Å². The highest BCUT2D eigenvalue weighted by Gasteiger charge is 2.30. The number of nitrogens with one attached hydrogen (secondary N) is 1. The molecular weight excluding hydrogens is 232 g/mol. The molecule has 1 saturated carbocycles. The summed E-state index contributed by atoms with van der Waals surface area (Å²) in [4.78, 5) is 24.4. The van der Waals surface area contributed by atoms with Gasteiger partial charge in [-0.15, -0.1) is 0 Å². The van der Waals surface area contributed by atoms with Crippen LogP contribution in [0.25, 0.3) is 0 Å². The molecule has 0 radical (unpaired) electrons. The first kappa shape index (κ1) is 15.0. The van der Waals surface area contributed by atoms with E-state index in [0.717, 1.165) is 12.8 Å². The minimum absolute atomic E-state index is 0.00603. The lowest BCUT2D eigenvalue weighted by atomic mass is 10.1. The van der Waals surface area contributed by atoms with Crippen molar-refractivity contribution in [2.75, 3.05) is 13.1 Å². The second-order valence-electron chi connectivity index (χ2n) is 5.45. The molecule has 1 amide bonds. The quantitative estimate of drug-likeness (QED) is 0.682. The lowest BCUT2D eigenvalue weighted by molar-refractivity contribution is -0.137. The van der Waals surface area contributed by atoms with Crippen molar-refractivity contribution in [3.63, 3.8) is 0 Å². The van der Waals surface area contributed by atoms with Gasteiger partial charge in [-0.25, -0.2) is 0 Å². The van der Waals surface area contributed by atoms with Gasteiger partial charge in [0.1, 0.15) is 0 Å². The number of aliphatic carboxylic acids is 1. The molecule has 5 nitrogen and oxygen atoms in total. The van der Waals surface area contributed by atoms with Crippen molar-refractivity contribution in [1.29, 1.82) is 0 Å². The van der Waals surface area contributed by atoms with Gasteiger partial charge in [0, 0.05) is 18.6 Å². The van der Waals surface area contributed by atoms with Gasteiger partial charge in [0.15, 0.2) is 0 Å². The molecule has 0 aromatic rings. The third kappa shape index (κ3) is 5.49. The summed E-state index contributed by atoms with van der Waals surface area (Å²) in [5.74, 6) is -0.410. The Labute approximate surface area is 109 Å². The first-order chi connectivity index (χ1) is 8.40. The van der Waals surface area contributed by atoms with Crippen LogP contribution < -0.4 is 5.32 Å². The third-order valence-corrected chi connectivity index (χ3v) is 3.41. The number of carbonyl (C=O) groups excluding carboxylic acids is 1. The van der Waals surface area contributed by atoms with Gasteiger partial charge in [-0.1, -0.05) is 13.8 Å². The normalized spacial score (nSPS) is 16.9. The van der Waals surface area contributed by atoms with Gasteiger partial charge in [-0.05, 0) is 25.7 Å². The Hall–Kier alpha value is -1.10. The molecule has 1 rings (SSSR count). The summed E-state index contributed by atoms with van der Waals surface area (Å²) in [7, 11) is 0. The van der Waals surface area contributed by atoms with E-state index in [-0.39, 0.29) is 18.4 Å². The molecule has 2 N–H and O–H groups in total. The standard InChI is InChI=1S/C13H24N2O3/c1-9(2)10(3)14-12(16)8-15(11-4-5-11)7-6-13(17)18/h9-11H,4-8H2,1-3H3,(H,14,16)(H,17,18). The first-order valence-corrected chi connectivity index (χ1v) is 6.65. The summed E-state index contributed by atoms with van der Waals surface area (Å²) in [6.07, 6.45) is 2.25. The van der Waals surface area contributed by atoms with Crippen LogP contribution in [-0.4, -0.2) is 47.1 Å². The van der Waals surface area contributed by atoms with Gasteiger partial charge in [0.25, 0.3) is 0 Å². The minimum Gasteiger partial charge on any atom is -0.481 e. The summed E-state index contributed by atoms with van der Waals surface area (Å²) in [6, 6.07) is 0.558. The predicted octanol–water partition coefficient (Wildman–Crippen LogP) is 1.09. The van der Waals surface area contributed by atoms with Gasteiger partial charge in [-0.3, -0.25) is 14.5 Å². The van der Waals surface area contributed by atoms with Crippen molar-refractivity contribution in [2.24, 2.45) is 5.92 Å². The van der Waals surface area contributed by atoms with Crippen molar-refractivity contribution in [1.82, 2.24) is 10.2 Å². The molecule has 0 spiro atoms. The fourth-order valence-electron chi connectivity index (χ4n) is 1.72. The summed E-state index contributed by atoms with van der Waals surface area (Å²) >= 11 is 0. The second kappa shape index (κ2) is 6.73. The summed E-state index contributed by atoms with van der Waals surface area (Å²) < 4.78 is 0. The van der Waals surface area contributed by atoms with Crippen LogP contribution in [0.3, 0.4) is 0 Å². The van der Waals surface area contributed by atoms with E-state index in [0.29, 0.717) is 25.0 Å². The van der Waals surface area contributed by atoms with E-state index in [4.69, 9.17) is 5.11 Å². The smallest absolute Gasteiger partial charge is 0.304 e. The van der Waals surface area contributed by atoms with Crippen LogP contribution in [0.5, 0.6) is 0 Å². The molecule has 0 aromatic heterocycles. The van der Waals surface area contributed by atoms with E-state index in [1.807, 2.05) is 11.8 Å². The number of rotatable bonds is 8. The Morgan fingerprint density at radius 3 is 2.39 bits per heavy atom. The monoisotopic (exact) mass is 256 g/mol. The fourth-order valence-corrected chi connectivity index (χ4v) is 1.72. The molecule has 0 aromatic carbocycles. The van der Waals surface area contributed by atoms with Crippen molar-refractivity contribution >= 4 is 11.9 Å². The Morgan fingerprint density at radius 1 is 1.33 bits per heavy atom. The zero-order chi connectivity index (χ0) is 13.7. The summed E-state index contributed by atoms with van der Waals surface area (Å²) in [6.45, 7) is 6.89. The number of carboxylic acids is 1. The Kier molecular flexibility index (Phi) is 5.59. The number of hydrogen-bond donors (Lipinski definition) is 2. The zero-order valence-corrected chi connectivity index (χ0v) is 11.5. The van der Waals surface area contributed by atoms with Crippen molar-refractivity contribution in [2.45, 2.75) is 52.1 Å². The minimum atomic E-state index is -0.809. The fraction of sp³-hybridized carbons (Fsp3) is 0.846. The average Bonchev–Trinajstić information content (AvgIpc) is 3.07. The van der Waals surface area contributed by atoms with Crippen LogP contribution in [0.2, 0.25) is 0 Å². The number of carboxylic acid groups (broad SMARTS) is 1. The molecule has 1 aliphatic carbocycles. The summed E-state index contributed by atoms with van der Waals surface area (Å²) in [5, 5.41) is 11.6. The zero-order valence-electron chi connectivity index (χ0n) is 11.5. The van der Waals surface area contributed by atoms with Gasteiger partial charge in [-0.2, -0.15) is 0 Å².